The number of aliphatic hydroxyl groups is 1. The van der Waals surface area contributed by atoms with E-state index < -0.39 is 29.2 Å². The van der Waals surface area contributed by atoms with Crippen LogP contribution >= 0.6 is 11.6 Å². The summed E-state index contributed by atoms with van der Waals surface area (Å²) in [6.45, 7) is 2.86. The Hall–Kier alpha value is -2.46. The van der Waals surface area contributed by atoms with Gasteiger partial charge in [-0.05, 0) is 31.5 Å². The molecule has 2 aromatic heterocycles. The SMILES string of the molecule is CC(C)(O)[C@H](Nc1cc(Cl)nc2ncnn12)c1ccc(C(F)(F)F)c(F)c1. The van der Waals surface area contributed by atoms with Crippen molar-refractivity contribution >= 4 is 23.2 Å². The molecule has 0 radical (unpaired) electrons. The molecule has 0 saturated carbocycles. The van der Waals surface area contributed by atoms with Crippen molar-refractivity contribution in [3.05, 3.63) is 52.7 Å². The minimum Gasteiger partial charge on any atom is -0.388 e. The summed E-state index contributed by atoms with van der Waals surface area (Å²) in [7, 11) is 0. The number of fused-ring (bicyclic) bond motifs is 1. The number of halogens is 5. The van der Waals surface area contributed by atoms with Gasteiger partial charge in [-0.25, -0.2) is 4.39 Å². The molecule has 1 atom stereocenters. The van der Waals surface area contributed by atoms with Crippen LogP contribution in [0.5, 0.6) is 0 Å². The maximum atomic E-state index is 14.0. The van der Waals surface area contributed by atoms with Crippen LogP contribution in [0.2, 0.25) is 5.15 Å². The van der Waals surface area contributed by atoms with E-state index in [1.54, 1.807) is 0 Å². The molecule has 2 heterocycles. The maximum absolute atomic E-state index is 14.0. The van der Waals surface area contributed by atoms with Crippen LogP contribution in [0.15, 0.2) is 30.6 Å². The molecule has 0 bridgehead atoms. The third-order valence-electron chi connectivity index (χ3n) is 3.85. The molecule has 3 rings (SSSR count). The van der Waals surface area contributed by atoms with Crippen LogP contribution in [0.25, 0.3) is 5.78 Å². The molecule has 0 amide bonds. The molecular weight excluding hydrogens is 390 g/mol. The first-order chi connectivity index (χ1) is 12.5. The molecular formula is C16H14ClF4N5O. The van der Waals surface area contributed by atoms with Crippen LogP contribution in [0.3, 0.4) is 0 Å². The predicted octanol–water partition coefficient (Wildman–Crippen LogP) is 3.86. The van der Waals surface area contributed by atoms with Crippen LogP contribution in [0.4, 0.5) is 23.4 Å². The fourth-order valence-corrected chi connectivity index (χ4v) is 2.82. The average molecular weight is 404 g/mol. The highest BCUT2D eigenvalue weighted by Crippen LogP contribution is 2.35. The molecule has 0 saturated heterocycles. The number of hydrogen-bond donors (Lipinski definition) is 2. The van der Waals surface area contributed by atoms with Gasteiger partial charge in [0.05, 0.1) is 17.2 Å². The van der Waals surface area contributed by atoms with Gasteiger partial charge in [-0.15, -0.1) is 0 Å². The number of nitrogens with one attached hydrogen (secondary N) is 1. The van der Waals surface area contributed by atoms with Crippen LogP contribution in [-0.2, 0) is 6.18 Å². The number of aromatic nitrogens is 4. The van der Waals surface area contributed by atoms with Gasteiger partial charge >= 0.3 is 6.18 Å². The molecule has 0 aliphatic heterocycles. The van der Waals surface area contributed by atoms with E-state index in [0.717, 1.165) is 12.1 Å². The molecule has 27 heavy (non-hydrogen) atoms. The molecule has 6 nitrogen and oxygen atoms in total. The summed E-state index contributed by atoms with van der Waals surface area (Å²) in [6, 6.07) is 2.89. The third-order valence-corrected chi connectivity index (χ3v) is 4.04. The molecule has 0 fully saturated rings. The highest BCUT2D eigenvalue weighted by atomic mass is 35.5. The van der Waals surface area contributed by atoms with Crippen molar-refractivity contribution in [2.75, 3.05) is 5.32 Å². The van der Waals surface area contributed by atoms with Gasteiger partial charge in [-0.2, -0.15) is 32.8 Å². The summed E-state index contributed by atoms with van der Waals surface area (Å²) in [5.41, 5.74) is -2.75. The van der Waals surface area contributed by atoms with Crippen LogP contribution < -0.4 is 5.32 Å². The number of anilines is 1. The molecule has 1 aromatic carbocycles. The lowest BCUT2D eigenvalue weighted by Gasteiger charge is -2.31. The normalized spacial score (nSPS) is 13.8. The Morgan fingerprint density at radius 3 is 2.52 bits per heavy atom. The first-order valence-corrected chi connectivity index (χ1v) is 8.06. The standard InChI is InChI=1S/C16H14ClF4N5O/c1-15(2,27)13(8-3-4-9(10(18)5-8)16(19,20)21)25-12-6-11(17)24-14-22-7-23-26(12)14/h3-7,13,25,27H,1-2H3/t13-/m1/s1. The van der Waals surface area contributed by atoms with Gasteiger partial charge in [0.15, 0.2) is 0 Å². The molecule has 2 N–H and O–H groups in total. The Labute approximate surface area is 155 Å². The van der Waals surface area contributed by atoms with E-state index in [1.807, 2.05) is 0 Å². The lowest BCUT2D eigenvalue weighted by Crippen LogP contribution is -2.35. The third kappa shape index (κ3) is 3.96. The first kappa shape index (κ1) is 19.3. The summed E-state index contributed by atoms with van der Waals surface area (Å²) >= 11 is 5.94. The van der Waals surface area contributed by atoms with E-state index in [2.05, 4.69) is 20.4 Å². The predicted molar refractivity (Wildman–Crippen MR) is 89.9 cm³/mol. The molecule has 0 aliphatic rings. The van der Waals surface area contributed by atoms with E-state index in [-0.39, 0.29) is 22.3 Å². The van der Waals surface area contributed by atoms with E-state index in [4.69, 9.17) is 11.6 Å². The Balaban J connectivity index is 2.05. The van der Waals surface area contributed by atoms with E-state index in [9.17, 15) is 22.7 Å². The highest BCUT2D eigenvalue weighted by Gasteiger charge is 2.36. The second-order valence-electron chi connectivity index (χ2n) is 6.40. The Kier molecular flexibility index (Phi) is 4.73. The Bertz CT molecular complexity index is 983. The fourth-order valence-electron chi connectivity index (χ4n) is 2.64. The smallest absolute Gasteiger partial charge is 0.388 e. The monoisotopic (exact) mass is 403 g/mol. The molecule has 11 heteroatoms. The van der Waals surface area contributed by atoms with Gasteiger partial charge in [0.25, 0.3) is 5.78 Å². The lowest BCUT2D eigenvalue weighted by molar-refractivity contribution is -0.140. The van der Waals surface area contributed by atoms with Gasteiger partial charge in [0.1, 0.15) is 23.1 Å². The van der Waals surface area contributed by atoms with Crippen molar-refractivity contribution in [1.82, 2.24) is 19.6 Å². The van der Waals surface area contributed by atoms with Gasteiger partial charge in [-0.1, -0.05) is 17.7 Å². The number of benzene rings is 1. The topological polar surface area (TPSA) is 75.3 Å². The van der Waals surface area contributed by atoms with E-state index >= 15 is 0 Å². The lowest BCUT2D eigenvalue weighted by atomic mass is 9.91. The van der Waals surface area contributed by atoms with E-state index in [1.165, 1.54) is 30.8 Å². The van der Waals surface area contributed by atoms with Gasteiger partial charge in [0, 0.05) is 6.07 Å². The van der Waals surface area contributed by atoms with Gasteiger partial charge in [0.2, 0.25) is 0 Å². The van der Waals surface area contributed by atoms with Gasteiger partial charge in [-0.3, -0.25) is 0 Å². The summed E-state index contributed by atoms with van der Waals surface area (Å²) in [5.74, 6) is -0.984. The minimum absolute atomic E-state index is 0.0890. The van der Waals surface area contributed by atoms with Crippen molar-refractivity contribution in [2.24, 2.45) is 0 Å². The van der Waals surface area contributed by atoms with Gasteiger partial charge < -0.3 is 10.4 Å². The number of rotatable bonds is 4. The maximum Gasteiger partial charge on any atom is 0.419 e. The van der Waals surface area contributed by atoms with Crippen molar-refractivity contribution in [3.8, 4) is 0 Å². The summed E-state index contributed by atoms with van der Waals surface area (Å²) in [6.07, 6.45) is -3.58. The summed E-state index contributed by atoms with van der Waals surface area (Å²) in [4.78, 5) is 7.86. The number of nitrogens with zero attached hydrogens (tertiary/aromatic N) is 4. The minimum atomic E-state index is -4.81. The first-order valence-electron chi connectivity index (χ1n) is 7.68. The van der Waals surface area contributed by atoms with Crippen LogP contribution in [0, 0.1) is 5.82 Å². The van der Waals surface area contributed by atoms with Crippen molar-refractivity contribution in [2.45, 2.75) is 31.7 Å². The average Bonchev–Trinajstić information content (AvgIpc) is 2.98. The Morgan fingerprint density at radius 2 is 1.93 bits per heavy atom. The summed E-state index contributed by atoms with van der Waals surface area (Å²) in [5, 5.41) is 17.5. The zero-order chi connectivity index (χ0) is 20.0. The fraction of sp³-hybridized carbons (Fsp3) is 0.312. The molecule has 0 aliphatic carbocycles. The largest absolute Gasteiger partial charge is 0.419 e. The van der Waals surface area contributed by atoms with Crippen LogP contribution in [-0.4, -0.2) is 30.3 Å². The quantitative estimate of drug-likeness (QED) is 0.511. The second kappa shape index (κ2) is 6.61. The molecule has 3 aromatic rings. The van der Waals surface area contributed by atoms with Crippen molar-refractivity contribution in [1.29, 1.82) is 0 Å². The molecule has 0 spiro atoms. The Morgan fingerprint density at radius 1 is 1.22 bits per heavy atom. The zero-order valence-corrected chi connectivity index (χ0v) is 14.8. The molecule has 0 unspecified atom stereocenters. The van der Waals surface area contributed by atoms with Crippen molar-refractivity contribution in [3.63, 3.8) is 0 Å². The van der Waals surface area contributed by atoms with Crippen LogP contribution in [0.1, 0.15) is 31.0 Å². The summed E-state index contributed by atoms with van der Waals surface area (Å²) < 4.78 is 53.7. The molecule has 144 valence electrons. The highest BCUT2D eigenvalue weighted by molar-refractivity contribution is 6.29. The number of hydrogen-bond acceptors (Lipinski definition) is 5. The van der Waals surface area contributed by atoms with E-state index in [0.29, 0.717) is 6.07 Å². The van der Waals surface area contributed by atoms with Crippen molar-refractivity contribution < 1.29 is 22.7 Å². The second-order valence-corrected chi connectivity index (χ2v) is 6.79. The zero-order valence-electron chi connectivity index (χ0n) is 14.1. The number of alkyl halides is 3.